The summed E-state index contributed by atoms with van der Waals surface area (Å²) in [4.78, 5) is 17.4. The molecule has 4 nitrogen and oxygen atoms in total. The number of carbonyl (C=O) groups is 1. The molecular weight excluding hydrogens is 322 g/mol. The van der Waals surface area contributed by atoms with E-state index >= 15 is 0 Å². The van der Waals surface area contributed by atoms with Gasteiger partial charge in [-0.05, 0) is 29.9 Å². The smallest absolute Gasteiger partial charge is 0.321 e. The molecule has 2 amide bonds. The zero-order chi connectivity index (χ0) is 18.6. The Hall–Kier alpha value is -1.55. The van der Waals surface area contributed by atoms with Crippen LogP contribution < -0.4 is 5.32 Å². The molecule has 0 radical (unpaired) electrons. The average Bonchev–Trinajstić information content (AvgIpc) is 2.91. The molecular formula is C22H35N3O. The van der Waals surface area contributed by atoms with E-state index < -0.39 is 0 Å². The van der Waals surface area contributed by atoms with E-state index in [-0.39, 0.29) is 11.4 Å². The molecule has 1 heterocycles. The van der Waals surface area contributed by atoms with Crippen molar-refractivity contribution in [3.05, 3.63) is 29.8 Å². The number of rotatable bonds is 2. The lowest BCUT2D eigenvalue weighted by atomic mass is 9.86. The fraction of sp³-hybridized carbons (Fsp3) is 0.682. The van der Waals surface area contributed by atoms with Gasteiger partial charge in [-0.25, -0.2) is 4.79 Å². The molecule has 2 aliphatic rings. The average molecular weight is 358 g/mol. The lowest BCUT2D eigenvalue weighted by molar-refractivity contribution is 0.105. The minimum atomic E-state index is 0.0159. The third kappa shape index (κ3) is 4.79. The molecule has 1 saturated heterocycles. The van der Waals surface area contributed by atoms with Crippen molar-refractivity contribution in [3.8, 4) is 0 Å². The minimum Gasteiger partial charge on any atom is -0.322 e. The second-order valence-corrected chi connectivity index (χ2v) is 8.89. The number of hydrogen-bond acceptors (Lipinski definition) is 2. The van der Waals surface area contributed by atoms with Crippen LogP contribution in [0.4, 0.5) is 10.5 Å². The summed E-state index contributed by atoms with van der Waals surface area (Å²) in [5, 5.41) is 3.16. The number of benzene rings is 1. The highest BCUT2D eigenvalue weighted by Gasteiger charge is 2.27. The molecule has 1 N–H and O–H groups in total. The van der Waals surface area contributed by atoms with Crippen LogP contribution in [0.15, 0.2) is 24.3 Å². The van der Waals surface area contributed by atoms with Gasteiger partial charge >= 0.3 is 6.03 Å². The molecule has 1 saturated carbocycles. The Bertz CT molecular complexity index is 592. The van der Waals surface area contributed by atoms with Gasteiger partial charge in [0.15, 0.2) is 0 Å². The first-order valence-electron chi connectivity index (χ1n) is 10.3. The topological polar surface area (TPSA) is 35.6 Å². The Morgan fingerprint density at radius 1 is 0.962 bits per heavy atom. The number of piperazine rings is 1. The molecule has 144 valence electrons. The van der Waals surface area contributed by atoms with Crippen molar-refractivity contribution < 1.29 is 4.79 Å². The maximum atomic E-state index is 12.8. The highest BCUT2D eigenvalue weighted by atomic mass is 16.2. The predicted octanol–water partition coefficient (Wildman–Crippen LogP) is 4.86. The number of urea groups is 1. The summed E-state index contributed by atoms with van der Waals surface area (Å²) in [6.45, 7) is 10.2. The number of nitrogens with zero attached hydrogens (tertiary/aromatic N) is 2. The van der Waals surface area contributed by atoms with Gasteiger partial charge in [-0.2, -0.15) is 0 Å². The van der Waals surface area contributed by atoms with Crippen molar-refractivity contribution in [2.24, 2.45) is 0 Å². The van der Waals surface area contributed by atoms with Gasteiger partial charge in [-0.1, -0.05) is 64.7 Å². The lowest BCUT2D eigenvalue weighted by Gasteiger charge is -2.39. The molecule has 0 aromatic heterocycles. The molecule has 1 aromatic carbocycles. The van der Waals surface area contributed by atoms with Gasteiger partial charge < -0.3 is 10.2 Å². The molecule has 4 heteroatoms. The van der Waals surface area contributed by atoms with Crippen molar-refractivity contribution in [1.82, 2.24) is 9.80 Å². The molecule has 3 rings (SSSR count). The summed E-state index contributed by atoms with van der Waals surface area (Å²) in [5.74, 6) is 0. The van der Waals surface area contributed by atoms with Gasteiger partial charge in [-0.15, -0.1) is 0 Å². The van der Waals surface area contributed by atoms with Crippen molar-refractivity contribution in [2.75, 3.05) is 31.5 Å². The first kappa shape index (κ1) is 19.2. The van der Waals surface area contributed by atoms with Gasteiger partial charge in [0.25, 0.3) is 0 Å². The second kappa shape index (κ2) is 8.43. The SMILES string of the molecule is CC(C)(C)c1ccccc1NC(=O)N1CCN(C2CCCCCC2)CC1. The quantitative estimate of drug-likeness (QED) is 0.768. The predicted molar refractivity (Wildman–Crippen MR) is 109 cm³/mol. The number of para-hydroxylation sites is 1. The van der Waals surface area contributed by atoms with E-state index in [1.54, 1.807) is 0 Å². The molecule has 1 aromatic rings. The number of carbonyl (C=O) groups excluding carboxylic acids is 1. The standard InChI is InChI=1S/C22H35N3O/c1-22(2,3)19-12-8-9-13-20(19)23-21(26)25-16-14-24(15-17-25)18-10-6-4-5-7-11-18/h8-9,12-13,18H,4-7,10-11,14-17H2,1-3H3,(H,23,26). The van der Waals surface area contributed by atoms with E-state index in [9.17, 15) is 4.79 Å². The van der Waals surface area contributed by atoms with Crippen LogP contribution in [-0.4, -0.2) is 48.1 Å². The Kier molecular flexibility index (Phi) is 6.23. The first-order valence-corrected chi connectivity index (χ1v) is 10.3. The fourth-order valence-corrected chi connectivity index (χ4v) is 4.35. The number of nitrogens with one attached hydrogen (secondary N) is 1. The Balaban J connectivity index is 1.56. The third-order valence-electron chi connectivity index (χ3n) is 5.92. The van der Waals surface area contributed by atoms with Gasteiger partial charge in [0, 0.05) is 37.9 Å². The largest absolute Gasteiger partial charge is 0.322 e. The van der Waals surface area contributed by atoms with Crippen LogP contribution in [0.5, 0.6) is 0 Å². The Morgan fingerprint density at radius 2 is 1.58 bits per heavy atom. The summed E-state index contributed by atoms with van der Waals surface area (Å²) in [5.41, 5.74) is 2.14. The van der Waals surface area contributed by atoms with Gasteiger partial charge in [0.2, 0.25) is 0 Å². The van der Waals surface area contributed by atoms with Gasteiger partial charge in [0.05, 0.1) is 0 Å². The van der Waals surface area contributed by atoms with Crippen molar-refractivity contribution in [1.29, 1.82) is 0 Å². The van der Waals surface area contributed by atoms with E-state index in [1.807, 2.05) is 23.1 Å². The van der Waals surface area contributed by atoms with Gasteiger partial charge in [-0.3, -0.25) is 4.90 Å². The van der Waals surface area contributed by atoms with Crippen LogP contribution in [-0.2, 0) is 5.41 Å². The molecule has 0 spiro atoms. The maximum absolute atomic E-state index is 12.8. The molecule has 26 heavy (non-hydrogen) atoms. The van der Waals surface area contributed by atoms with E-state index in [1.165, 1.54) is 44.1 Å². The number of hydrogen-bond donors (Lipinski definition) is 1. The van der Waals surface area contributed by atoms with E-state index in [4.69, 9.17) is 0 Å². The highest BCUT2D eigenvalue weighted by Crippen LogP contribution is 2.29. The number of anilines is 1. The third-order valence-corrected chi connectivity index (χ3v) is 5.92. The Labute approximate surface area is 158 Å². The van der Waals surface area contributed by atoms with Crippen LogP contribution in [0, 0.1) is 0 Å². The van der Waals surface area contributed by atoms with E-state index in [0.717, 1.165) is 37.9 Å². The van der Waals surface area contributed by atoms with Crippen LogP contribution in [0.3, 0.4) is 0 Å². The summed E-state index contributed by atoms with van der Waals surface area (Å²) in [6.07, 6.45) is 8.21. The second-order valence-electron chi connectivity index (χ2n) is 8.89. The fourth-order valence-electron chi connectivity index (χ4n) is 4.35. The summed E-state index contributed by atoms with van der Waals surface area (Å²) >= 11 is 0. The molecule has 0 bridgehead atoms. The maximum Gasteiger partial charge on any atom is 0.321 e. The van der Waals surface area contributed by atoms with Crippen molar-refractivity contribution in [2.45, 2.75) is 70.8 Å². The molecule has 1 aliphatic heterocycles. The zero-order valence-electron chi connectivity index (χ0n) is 16.8. The normalized spacial score (nSPS) is 20.7. The van der Waals surface area contributed by atoms with Crippen molar-refractivity contribution >= 4 is 11.7 Å². The Morgan fingerprint density at radius 3 is 2.19 bits per heavy atom. The molecule has 0 unspecified atom stereocenters. The van der Waals surface area contributed by atoms with Crippen LogP contribution in [0.2, 0.25) is 0 Å². The van der Waals surface area contributed by atoms with Crippen LogP contribution in [0.1, 0.15) is 64.9 Å². The number of amides is 2. The van der Waals surface area contributed by atoms with Crippen LogP contribution in [0.25, 0.3) is 0 Å². The first-order chi connectivity index (χ1) is 12.4. The van der Waals surface area contributed by atoms with Crippen molar-refractivity contribution in [3.63, 3.8) is 0 Å². The summed E-state index contributed by atoms with van der Waals surface area (Å²) in [6, 6.07) is 8.95. The lowest BCUT2D eigenvalue weighted by Crippen LogP contribution is -2.52. The van der Waals surface area contributed by atoms with Crippen LogP contribution >= 0.6 is 0 Å². The van der Waals surface area contributed by atoms with E-state index in [0.29, 0.717) is 0 Å². The summed E-state index contributed by atoms with van der Waals surface area (Å²) in [7, 11) is 0. The summed E-state index contributed by atoms with van der Waals surface area (Å²) < 4.78 is 0. The monoisotopic (exact) mass is 357 g/mol. The molecule has 2 fully saturated rings. The molecule has 0 atom stereocenters. The highest BCUT2D eigenvalue weighted by molar-refractivity contribution is 5.90. The van der Waals surface area contributed by atoms with E-state index in [2.05, 4.69) is 37.1 Å². The zero-order valence-corrected chi connectivity index (χ0v) is 16.8. The molecule has 1 aliphatic carbocycles. The van der Waals surface area contributed by atoms with Gasteiger partial charge in [0.1, 0.15) is 0 Å². The minimum absolute atomic E-state index is 0.0159.